The normalized spacial score (nSPS) is 15.7. The average Bonchev–Trinajstić information content (AvgIpc) is 2.91. The molecule has 100 valence electrons. The van der Waals surface area contributed by atoms with Gasteiger partial charge in [-0.3, -0.25) is 0 Å². The third kappa shape index (κ3) is 2.63. The quantitative estimate of drug-likeness (QED) is 0.913. The van der Waals surface area contributed by atoms with Gasteiger partial charge in [0, 0.05) is 32.6 Å². The molecule has 4 heteroatoms. The third-order valence-electron chi connectivity index (χ3n) is 3.69. The Bertz CT molecular complexity index is 544. The molecule has 1 aliphatic rings. The summed E-state index contributed by atoms with van der Waals surface area (Å²) in [6.07, 6.45) is 2.66. The number of piperazine rings is 1. The van der Waals surface area contributed by atoms with Crippen LogP contribution in [-0.4, -0.2) is 31.3 Å². The van der Waals surface area contributed by atoms with Crippen LogP contribution >= 0.6 is 0 Å². The lowest BCUT2D eigenvalue weighted by atomic mass is 10.0. The van der Waals surface area contributed by atoms with Crippen molar-refractivity contribution < 1.29 is 4.52 Å². The van der Waals surface area contributed by atoms with E-state index in [2.05, 4.69) is 46.6 Å². The van der Waals surface area contributed by atoms with E-state index in [0.29, 0.717) is 0 Å². The Hall–Kier alpha value is -1.81. The van der Waals surface area contributed by atoms with Crippen molar-refractivity contribution in [2.24, 2.45) is 0 Å². The largest absolute Gasteiger partial charge is 0.365 e. The van der Waals surface area contributed by atoms with Crippen LogP contribution in [0.3, 0.4) is 0 Å². The van der Waals surface area contributed by atoms with E-state index >= 15 is 0 Å². The first-order valence-electron chi connectivity index (χ1n) is 6.78. The molecule has 19 heavy (non-hydrogen) atoms. The number of rotatable bonds is 3. The Labute approximate surface area is 113 Å². The fourth-order valence-electron chi connectivity index (χ4n) is 2.53. The van der Waals surface area contributed by atoms with E-state index in [4.69, 9.17) is 4.52 Å². The van der Waals surface area contributed by atoms with Gasteiger partial charge in [-0.1, -0.05) is 29.4 Å². The predicted octanol–water partition coefficient (Wildman–Crippen LogP) is 1.98. The molecule has 0 bridgehead atoms. The van der Waals surface area contributed by atoms with Crippen LogP contribution < -0.4 is 10.2 Å². The van der Waals surface area contributed by atoms with Gasteiger partial charge in [0.1, 0.15) is 5.69 Å². The molecule has 3 rings (SSSR count). The van der Waals surface area contributed by atoms with Crippen LogP contribution in [0.4, 0.5) is 5.69 Å². The topological polar surface area (TPSA) is 41.3 Å². The van der Waals surface area contributed by atoms with E-state index in [-0.39, 0.29) is 0 Å². The van der Waals surface area contributed by atoms with Gasteiger partial charge in [0.25, 0.3) is 0 Å². The molecule has 2 aromatic rings. The summed E-state index contributed by atoms with van der Waals surface area (Å²) in [4.78, 5) is 2.35. The van der Waals surface area contributed by atoms with Gasteiger partial charge in [0.15, 0.2) is 5.76 Å². The number of aromatic nitrogens is 1. The summed E-state index contributed by atoms with van der Waals surface area (Å²) < 4.78 is 5.46. The molecule has 0 amide bonds. The molecular weight excluding hydrogens is 238 g/mol. The summed E-state index contributed by atoms with van der Waals surface area (Å²) in [6.45, 7) is 6.21. The molecule has 0 aliphatic carbocycles. The van der Waals surface area contributed by atoms with Crippen molar-refractivity contribution in [1.82, 2.24) is 10.5 Å². The Morgan fingerprint density at radius 1 is 1.26 bits per heavy atom. The van der Waals surface area contributed by atoms with Crippen molar-refractivity contribution in [3.63, 3.8) is 0 Å². The van der Waals surface area contributed by atoms with Gasteiger partial charge < -0.3 is 14.7 Å². The maximum absolute atomic E-state index is 5.46. The second kappa shape index (κ2) is 5.45. The molecule has 2 heterocycles. The van der Waals surface area contributed by atoms with E-state index in [0.717, 1.165) is 44.0 Å². The number of benzene rings is 1. The zero-order chi connectivity index (χ0) is 13.1. The first-order valence-corrected chi connectivity index (χ1v) is 6.78. The first kappa shape index (κ1) is 12.2. The van der Waals surface area contributed by atoms with Crippen LogP contribution in [0.25, 0.3) is 0 Å². The molecule has 0 saturated carbocycles. The molecule has 1 saturated heterocycles. The van der Waals surface area contributed by atoms with Crippen LogP contribution in [0.5, 0.6) is 0 Å². The summed E-state index contributed by atoms with van der Waals surface area (Å²) in [7, 11) is 0. The van der Waals surface area contributed by atoms with E-state index in [1.54, 1.807) is 0 Å². The number of aryl methyl sites for hydroxylation is 1. The molecule has 1 aromatic carbocycles. The Morgan fingerprint density at radius 2 is 2.05 bits per heavy atom. The molecule has 1 N–H and O–H groups in total. The van der Waals surface area contributed by atoms with E-state index < -0.39 is 0 Å². The van der Waals surface area contributed by atoms with Crippen molar-refractivity contribution in [2.75, 3.05) is 31.1 Å². The maximum atomic E-state index is 5.46. The third-order valence-corrected chi connectivity index (χ3v) is 3.69. The highest BCUT2D eigenvalue weighted by Gasteiger charge is 2.18. The van der Waals surface area contributed by atoms with Crippen LogP contribution in [0.2, 0.25) is 0 Å². The number of hydrogen-bond acceptors (Lipinski definition) is 4. The SMILES string of the molecule is Cc1ccccc1Cc1oncc1N1CCNCC1. The van der Waals surface area contributed by atoms with Gasteiger partial charge in [-0.25, -0.2) is 0 Å². The monoisotopic (exact) mass is 257 g/mol. The van der Waals surface area contributed by atoms with Gasteiger partial charge in [0.05, 0.1) is 6.20 Å². The minimum absolute atomic E-state index is 0.811. The van der Waals surface area contributed by atoms with Gasteiger partial charge in [0.2, 0.25) is 0 Å². The number of hydrogen-bond donors (Lipinski definition) is 1. The summed E-state index contributed by atoms with van der Waals surface area (Å²) in [5.74, 6) is 0.969. The van der Waals surface area contributed by atoms with Crippen molar-refractivity contribution in [1.29, 1.82) is 0 Å². The zero-order valence-electron chi connectivity index (χ0n) is 11.2. The maximum Gasteiger partial charge on any atom is 0.164 e. The van der Waals surface area contributed by atoms with Crippen LogP contribution in [0.15, 0.2) is 35.0 Å². The van der Waals surface area contributed by atoms with Crippen LogP contribution in [-0.2, 0) is 6.42 Å². The molecule has 0 unspecified atom stereocenters. The second-order valence-electron chi connectivity index (χ2n) is 4.97. The lowest BCUT2D eigenvalue weighted by molar-refractivity contribution is 0.389. The van der Waals surface area contributed by atoms with Crippen molar-refractivity contribution in [2.45, 2.75) is 13.3 Å². The van der Waals surface area contributed by atoms with E-state index in [1.807, 2.05) is 6.20 Å². The van der Waals surface area contributed by atoms with Crippen molar-refractivity contribution in [3.05, 3.63) is 47.3 Å². The average molecular weight is 257 g/mol. The van der Waals surface area contributed by atoms with Crippen molar-refractivity contribution >= 4 is 5.69 Å². The van der Waals surface area contributed by atoms with Gasteiger partial charge in [-0.15, -0.1) is 0 Å². The highest BCUT2D eigenvalue weighted by Crippen LogP contribution is 2.24. The molecule has 1 aromatic heterocycles. The zero-order valence-corrected chi connectivity index (χ0v) is 11.2. The molecular formula is C15H19N3O. The van der Waals surface area contributed by atoms with Crippen LogP contribution in [0.1, 0.15) is 16.9 Å². The predicted molar refractivity (Wildman–Crippen MR) is 75.6 cm³/mol. The van der Waals surface area contributed by atoms with E-state index in [1.165, 1.54) is 11.1 Å². The number of nitrogens with one attached hydrogen (secondary N) is 1. The molecule has 1 aliphatic heterocycles. The summed E-state index contributed by atoms with van der Waals surface area (Å²) >= 11 is 0. The van der Waals surface area contributed by atoms with Crippen LogP contribution in [0, 0.1) is 6.92 Å². The fourth-order valence-corrected chi connectivity index (χ4v) is 2.53. The smallest absolute Gasteiger partial charge is 0.164 e. The highest BCUT2D eigenvalue weighted by atomic mass is 16.5. The first-order chi connectivity index (χ1) is 9.34. The van der Waals surface area contributed by atoms with Crippen molar-refractivity contribution in [3.8, 4) is 0 Å². The van der Waals surface area contributed by atoms with Gasteiger partial charge in [-0.05, 0) is 18.1 Å². The standard InChI is InChI=1S/C15H19N3O/c1-12-4-2-3-5-13(12)10-15-14(11-17-19-15)18-8-6-16-7-9-18/h2-5,11,16H,6-10H2,1H3. The lowest BCUT2D eigenvalue weighted by Crippen LogP contribution is -2.43. The molecule has 0 atom stereocenters. The highest BCUT2D eigenvalue weighted by molar-refractivity contribution is 5.50. The summed E-state index contributed by atoms with van der Waals surface area (Å²) in [6, 6.07) is 8.43. The Kier molecular flexibility index (Phi) is 3.51. The number of anilines is 1. The minimum atomic E-state index is 0.811. The van der Waals surface area contributed by atoms with Gasteiger partial charge in [-0.2, -0.15) is 0 Å². The fraction of sp³-hybridized carbons (Fsp3) is 0.400. The Morgan fingerprint density at radius 3 is 2.84 bits per heavy atom. The molecule has 4 nitrogen and oxygen atoms in total. The lowest BCUT2D eigenvalue weighted by Gasteiger charge is -2.28. The second-order valence-corrected chi connectivity index (χ2v) is 4.97. The molecule has 0 spiro atoms. The summed E-state index contributed by atoms with van der Waals surface area (Å²) in [5, 5.41) is 7.35. The number of nitrogens with zero attached hydrogens (tertiary/aromatic N) is 2. The Balaban J connectivity index is 1.82. The van der Waals surface area contributed by atoms with Gasteiger partial charge >= 0.3 is 0 Å². The minimum Gasteiger partial charge on any atom is -0.365 e. The molecule has 1 fully saturated rings. The van der Waals surface area contributed by atoms with E-state index in [9.17, 15) is 0 Å². The molecule has 0 radical (unpaired) electrons. The summed E-state index contributed by atoms with van der Waals surface area (Å²) in [5.41, 5.74) is 3.74.